The Morgan fingerprint density at radius 2 is 1.93 bits per heavy atom. The smallest absolute Gasteiger partial charge is 0.210 e. The molecule has 0 aliphatic heterocycles. The second-order valence-electron chi connectivity index (χ2n) is 3.04. The van der Waals surface area contributed by atoms with E-state index in [0.29, 0.717) is 6.61 Å². The van der Waals surface area contributed by atoms with Crippen LogP contribution in [0, 0.1) is 0 Å². The molecule has 1 aromatic rings. The molecule has 0 heterocycles. The van der Waals surface area contributed by atoms with Gasteiger partial charge in [-0.3, -0.25) is 4.84 Å². The SMILES string of the molecule is NS(=O)(=O)CCNOCc1ccccc1. The lowest BCUT2D eigenvalue weighted by atomic mass is 10.2. The number of rotatable bonds is 6. The summed E-state index contributed by atoms with van der Waals surface area (Å²) in [5.41, 5.74) is 3.55. The maximum atomic E-state index is 10.5. The summed E-state index contributed by atoms with van der Waals surface area (Å²) in [5, 5.41) is 4.81. The van der Waals surface area contributed by atoms with Crippen molar-refractivity contribution in [2.75, 3.05) is 12.3 Å². The summed E-state index contributed by atoms with van der Waals surface area (Å²) in [6.07, 6.45) is 0. The number of nitrogens with two attached hydrogens (primary N) is 1. The Balaban J connectivity index is 2.13. The quantitative estimate of drug-likeness (QED) is 0.532. The van der Waals surface area contributed by atoms with Gasteiger partial charge in [-0.15, -0.1) is 0 Å². The van der Waals surface area contributed by atoms with Crippen molar-refractivity contribution >= 4 is 10.0 Å². The van der Waals surface area contributed by atoms with Crippen LogP contribution in [0.4, 0.5) is 0 Å². The molecule has 0 fully saturated rings. The summed E-state index contributed by atoms with van der Waals surface area (Å²) >= 11 is 0. The zero-order valence-electron chi connectivity index (χ0n) is 8.22. The molecule has 1 rings (SSSR count). The molecular weight excluding hydrogens is 216 g/mol. The molecule has 0 spiro atoms. The van der Waals surface area contributed by atoms with Crippen LogP contribution in [-0.2, 0) is 21.5 Å². The van der Waals surface area contributed by atoms with Gasteiger partial charge in [0.2, 0.25) is 10.0 Å². The van der Waals surface area contributed by atoms with E-state index < -0.39 is 10.0 Å². The lowest BCUT2D eigenvalue weighted by Gasteiger charge is -2.04. The molecule has 6 heteroatoms. The minimum Gasteiger partial charge on any atom is -0.297 e. The van der Waals surface area contributed by atoms with E-state index in [-0.39, 0.29) is 12.3 Å². The Bertz CT molecular complexity index is 378. The van der Waals surface area contributed by atoms with Gasteiger partial charge in [-0.1, -0.05) is 30.3 Å². The van der Waals surface area contributed by atoms with Crippen LogP contribution in [0.3, 0.4) is 0 Å². The second kappa shape index (κ2) is 5.82. The van der Waals surface area contributed by atoms with Crippen LogP contribution in [-0.4, -0.2) is 20.7 Å². The van der Waals surface area contributed by atoms with Gasteiger partial charge >= 0.3 is 0 Å². The minimum absolute atomic E-state index is 0.137. The highest BCUT2D eigenvalue weighted by Gasteiger charge is 2.00. The van der Waals surface area contributed by atoms with E-state index in [0.717, 1.165) is 5.56 Å². The molecule has 0 radical (unpaired) electrons. The predicted octanol–water partition coefficient (Wildman–Crippen LogP) is -0.00370. The summed E-state index contributed by atoms with van der Waals surface area (Å²) < 4.78 is 21.1. The van der Waals surface area contributed by atoms with Crippen molar-refractivity contribution in [2.24, 2.45) is 5.14 Å². The summed E-state index contributed by atoms with van der Waals surface area (Å²) in [6, 6.07) is 9.56. The molecule has 0 atom stereocenters. The van der Waals surface area contributed by atoms with Crippen molar-refractivity contribution in [1.82, 2.24) is 5.48 Å². The number of benzene rings is 1. The molecule has 15 heavy (non-hydrogen) atoms. The minimum atomic E-state index is -3.41. The monoisotopic (exact) mass is 230 g/mol. The van der Waals surface area contributed by atoms with Gasteiger partial charge in [-0.05, 0) is 5.56 Å². The van der Waals surface area contributed by atoms with E-state index in [1.165, 1.54) is 0 Å². The molecule has 0 aromatic heterocycles. The first-order chi connectivity index (χ1) is 7.08. The van der Waals surface area contributed by atoms with Gasteiger partial charge in [0.05, 0.1) is 12.4 Å². The van der Waals surface area contributed by atoms with Crippen LogP contribution in [0.15, 0.2) is 30.3 Å². The number of hydrogen-bond acceptors (Lipinski definition) is 4. The van der Waals surface area contributed by atoms with Crippen molar-refractivity contribution in [3.63, 3.8) is 0 Å². The van der Waals surface area contributed by atoms with E-state index >= 15 is 0 Å². The van der Waals surface area contributed by atoms with Crippen LogP contribution in [0.1, 0.15) is 5.56 Å². The molecule has 1 aromatic carbocycles. The maximum Gasteiger partial charge on any atom is 0.210 e. The number of primary sulfonamides is 1. The molecule has 84 valence electrons. The normalized spacial score (nSPS) is 11.5. The Morgan fingerprint density at radius 1 is 1.27 bits per heavy atom. The average molecular weight is 230 g/mol. The van der Waals surface area contributed by atoms with Gasteiger partial charge in [0.15, 0.2) is 0 Å². The summed E-state index contributed by atoms with van der Waals surface area (Å²) in [4.78, 5) is 5.05. The maximum absolute atomic E-state index is 10.5. The molecule has 3 N–H and O–H groups in total. The Kier molecular flexibility index (Phi) is 4.70. The molecule has 5 nitrogen and oxygen atoms in total. The first kappa shape index (κ1) is 12.1. The highest BCUT2D eigenvalue weighted by molar-refractivity contribution is 7.89. The number of sulfonamides is 1. The van der Waals surface area contributed by atoms with Gasteiger partial charge in [0.25, 0.3) is 0 Å². The molecule has 0 aliphatic carbocycles. The van der Waals surface area contributed by atoms with Crippen molar-refractivity contribution in [3.05, 3.63) is 35.9 Å². The lowest BCUT2D eigenvalue weighted by Crippen LogP contribution is -2.27. The highest BCUT2D eigenvalue weighted by Crippen LogP contribution is 1.98. The summed E-state index contributed by atoms with van der Waals surface area (Å²) in [5.74, 6) is -0.137. The molecule has 0 saturated carbocycles. The predicted molar refractivity (Wildman–Crippen MR) is 57.2 cm³/mol. The third-order valence-corrected chi connectivity index (χ3v) is 2.45. The molecule has 0 bridgehead atoms. The van der Waals surface area contributed by atoms with Crippen molar-refractivity contribution in [3.8, 4) is 0 Å². The van der Waals surface area contributed by atoms with Crippen LogP contribution in [0.25, 0.3) is 0 Å². The third-order valence-electron chi connectivity index (χ3n) is 1.67. The van der Waals surface area contributed by atoms with E-state index in [2.05, 4.69) is 5.48 Å². The zero-order chi connectivity index (χ0) is 11.1. The van der Waals surface area contributed by atoms with E-state index in [1.807, 2.05) is 30.3 Å². The first-order valence-corrected chi connectivity index (χ1v) is 6.18. The van der Waals surface area contributed by atoms with Crippen molar-refractivity contribution < 1.29 is 13.3 Å². The topological polar surface area (TPSA) is 81.4 Å². The summed E-state index contributed by atoms with van der Waals surface area (Å²) in [6.45, 7) is 0.580. The fourth-order valence-corrected chi connectivity index (χ4v) is 1.33. The van der Waals surface area contributed by atoms with E-state index in [1.54, 1.807) is 0 Å². The largest absolute Gasteiger partial charge is 0.297 e. The fraction of sp³-hybridized carbons (Fsp3) is 0.333. The summed E-state index contributed by atoms with van der Waals surface area (Å²) in [7, 11) is -3.41. The Hall–Kier alpha value is -0.950. The highest BCUT2D eigenvalue weighted by atomic mass is 32.2. The first-order valence-electron chi connectivity index (χ1n) is 4.47. The zero-order valence-corrected chi connectivity index (χ0v) is 9.03. The standard InChI is InChI=1S/C9H14N2O3S/c10-15(12,13)7-6-11-14-8-9-4-2-1-3-5-9/h1-5,11H,6-8H2,(H2,10,12,13). The molecule has 0 amide bonds. The van der Waals surface area contributed by atoms with E-state index in [4.69, 9.17) is 9.98 Å². The molecule has 0 unspecified atom stereocenters. The van der Waals surface area contributed by atoms with Crippen molar-refractivity contribution in [2.45, 2.75) is 6.61 Å². The number of nitrogens with one attached hydrogen (secondary N) is 1. The van der Waals surface area contributed by atoms with Crippen LogP contribution in [0.5, 0.6) is 0 Å². The molecule has 0 saturated heterocycles. The van der Waals surface area contributed by atoms with E-state index in [9.17, 15) is 8.42 Å². The van der Waals surface area contributed by atoms with Gasteiger partial charge in [-0.25, -0.2) is 19.0 Å². The molecular formula is C9H14N2O3S. The van der Waals surface area contributed by atoms with Crippen LogP contribution in [0.2, 0.25) is 0 Å². The van der Waals surface area contributed by atoms with Crippen LogP contribution >= 0.6 is 0 Å². The van der Waals surface area contributed by atoms with Gasteiger partial charge in [-0.2, -0.15) is 0 Å². The molecule has 0 aliphatic rings. The Labute approximate surface area is 89.2 Å². The van der Waals surface area contributed by atoms with Crippen molar-refractivity contribution in [1.29, 1.82) is 0 Å². The lowest BCUT2D eigenvalue weighted by molar-refractivity contribution is 0.0318. The van der Waals surface area contributed by atoms with Gasteiger partial charge < -0.3 is 0 Å². The number of hydrogen-bond donors (Lipinski definition) is 2. The van der Waals surface area contributed by atoms with Gasteiger partial charge in [0.1, 0.15) is 0 Å². The second-order valence-corrected chi connectivity index (χ2v) is 4.77. The van der Waals surface area contributed by atoms with Crippen LogP contribution < -0.4 is 10.6 Å². The van der Waals surface area contributed by atoms with Gasteiger partial charge in [0, 0.05) is 6.54 Å². The Morgan fingerprint density at radius 3 is 2.53 bits per heavy atom. The fourth-order valence-electron chi connectivity index (χ4n) is 0.965. The third kappa shape index (κ3) is 6.19. The number of hydroxylamine groups is 1. The average Bonchev–Trinajstić information content (AvgIpc) is 2.17.